The van der Waals surface area contributed by atoms with E-state index in [4.69, 9.17) is 23.4 Å². The second kappa shape index (κ2) is 15.2. The fourth-order valence-corrected chi connectivity index (χ4v) is 5.52. The van der Waals surface area contributed by atoms with E-state index in [1.165, 1.54) is 79.7 Å². The first-order valence-electron chi connectivity index (χ1n) is 16.0. The number of benzene rings is 4. The van der Waals surface area contributed by atoms with Gasteiger partial charge in [-0.3, -0.25) is 4.79 Å². The zero-order valence-corrected chi connectivity index (χ0v) is 27.7. The topological polar surface area (TPSA) is 223 Å². The van der Waals surface area contributed by atoms with E-state index < -0.39 is 65.3 Å². The maximum atomic E-state index is 14.0. The molecule has 1 saturated heterocycles. The molecule has 53 heavy (non-hydrogen) atoms. The molecule has 6 rings (SSSR count). The number of fused-ring (bicyclic) bond motifs is 1. The molecule has 6 N–H and O–H groups in total. The van der Waals surface area contributed by atoms with E-state index in [0.717, 1.165) is 24.3 Å². The van der Waals surface area contributed by atoms with Crippen LogP contribution in [0.2, 0.25) is 0 Å². The minimum atomic E-state index is -1.80. The number of phenols is 5. The van der Waals surface area contributed by atoms with E-state index >= 15 is 0 Å². The zero-order valence-electron chi connectivity index (χ0n) is 27.7. The van der Waals surface area contributed by atoms with Gasteiger partial charge in [0.25, 0.3) is 0 Å². The molecule has 1 fully saturated rings. The van der Waals surface area contributed by atoms with Crippen LogP contribution < -0.4 is 10.2 Å². The van der Waals surface area contributed by atoms with E-state index in [1.54, 1.807) is 12.1 Å². The van der Waals surface area contributed by atoms with Crippen LogP contribution >= 0.6 is 0 Å². The van der Waals surface area contributed by atoms with Crippen LogP contribution in [0.25, 0.3) is 34.4 Å². The lowest BCUT2D eigenvalue weighted by molar-refractivity contribution is -0.275. The molecule has 1 aliphatic rings. The Bertz CT molecular complexity index is 2240. The molecule has 0 saturated carbocycles. The molecule has 2 heterocycles. The first kappa shape index (κ1) is 36.0. The minimum Gasteiger partial charge on any atom is -0.508 e. The molecule has 14 heteroatoms. The van der Waals surface area contributed by atoms with E-state index in [2.05, 4.69) is 0 Å². The molecular weight excluding hydrogens is 692 g/mol. The average molecular weight is 725 g/mol. The van der Waals surface area contributed by atoms with Crippen molar-refractivity contribution in [1.29, 1.82) is 0 Å². The number of rotatable bonds is 9. The van der Waals surface area contributed by atoms with Crippen molar-refractivity contribution in [2.24, 2.45) is 0 Å². The van der Waals surface area contributed by atoms with Crippen LogP contribution in [0.15, 0.2) is 106 Å². The maximum absolute atomic E-state index is 14.0. The highest BCUT2D eigenvalue weighted by Crippen LogP contribution is 2.38. The Kier molecular flexibility index (Phi) is 10.4. The Balaban J connectivity index is 1.35. The third-order valence-electron chi connectivity index (χ3n) is 8.15. The molecule has 4 aromatic carbocycles. The summed E-state index contributed by atoms with van der Waals surface area (Å²) in [5, 5.41) is 60.8. The molecule has 1 unspecified atom stereocenters. The van der Waals surface area contributed by atoms with Crippen LogP contribution in [-0.2, 0) is 23.8 Å². The summed E-state index contributed by atoms with van der Waals surface area (Å²) in [5.41, 5.74) is 0.154. The summed E-state index contributed by atoms with van der Waals surface area (Å²) in [6.45, 7) is 1.45. The molecule has 1 aliphatic heterocycles. The summed E-state index contributed by atoms with van der Waals surface area (Å²) in [7, 11) is 0. The number of aliphatic hydroxyl groups excluding tert-OH is 1. The highest BCUT2D eigenvalue weighted by atomic mass is 16.7. The van der Waals surface area contributed by atoms with Gasteiger partial charge in [0.05, 0.1) is 6.10 Å². The van der Waals surface area contributed by atoms with Gasteiger partial charge in [-0.25, -0.2) is 9.59 Å². The van der Waals surface area contributed by atoms with Crippen molar-refractivity contribution in [3.63, 3.8) is 0 Å². The van der Waals surface area contributed by atoms with E-state index in [9.17, 15) is 45.0 Å². The molecule has 0 spiro atoms. The van der Waals surface area contributed by atoms with Gasteiger partial charge in [-0.1, -0.05) is 24.3 Å². The molecule has 1 aromatic heterocycles. The standard InChI is InChI=1S/C39H32O14/c1-20-35(51-30(45)16-6-21-2-10-24(40)11-3-21)34(48)38(52-31(46)17-7-22-4-12-25(41)13-5-22)39(49-20)53-37-33(47)32-28(44)18-27(43)19-29(32)50-36(37)23-8-14-26(42)15-9-23/h2-20,34-35,38-44,48H,1H3/b16-6+,17-7+/t20?,34-,35+,38-,39+/m0/s1. The number of esters is 2. The number of hydrogen-bond donors (Lipinski definition) is 6. The Morgan fingerprint density at radius 3 is 1.75 bits per heavy atom. The molecule has 272 valence electrons. The van der Waals surface area contributed by atoms with Gasteiger partial charge in [0, 0.05) is 29.8 Å². The van der Waals surface area contributed by atoms with Crippen molar-refractivity contribution in [2.45, 2.75) is 37.6 Å². The van der Waals surface area contributed by atoms with Gasteiger partial charge in [-0.15, -0.1) is 0 Å². The van der Waals surface area contributed by atoms with E-state index in [-0.39, 0.29) is 39.5 Å². The van der Waals surface area contributed by atoms with Gasteiger partial charge < -0.3 is 54.0 Å². The third-order valence-corrected chi connectivity index (χ3v) is 8.15. The maximum Gasteiger partial charge on any atom is 0.331 e. The Hall–Kier alpha value is -6.77. The zero-order chi connectivity index (χ0) is 37.8. The number of carbonyl (C=O) groups excluding carboxylic acids is 2. The number of phenolic OH excluding ortho intramolecular Hbond substituents is 5. The van der Waals surface area contributed by atoms with Crippen LogP contribution in [0.3, 0.4) is 0 Å². The highest BCUT2D eigenvalue weighted by Gasteiger charge is 2.49. The van der Waals surface area contributed by atoms with Gasteiger partial charge in [0.2, 0.25) is 17.5 Å². The van der Waals surface area contributed by atoms with Gasteiger partial charge in [-0.05, 0) is 78.7 Å². The number of aliphatic hydroxyl groups is 1. The second-order valence-corrected chi connectivity index (χ2v) is 11.9. The number of hydrogen-bond acceptors (Lipinski definition) is 14. The second-order valence-electron chi connectivity index (χ2n) is 11.9. The van der Waals surface area contributed by atoms with Crippen LogP contribution in [0.4, 0.5) is 0 Å². The van der Waals surface area contributed by atoms with Gasteiger partial charge in [0.15, 0.2) is 18.0 Å². The smallest absolute Gasteiger partial charge is 0.331 e. The summed E-state index contributed by atoms with van der Waals surface area (Å²) >= 11 is 0. The lowest BCUT2D eigenvalue weighted by atomic mass is 9.99. The first-order chi connectivity index (χ1) is 25.4. The molecule has 14 nitrogen and oxygen atoms in total. The molecule has 5 aromatic rings. The fourth-order valence-electron chi connectivity index (χ4n) is 5.52. The largest absolute Gasteiger partial charge is 0.508 e. The summed E-state index contributed by atoms with van der Waals surface area (Å²) < 4.78 is 29.1. The monoisotopic (exact) mass is 724 g/mol. The lowest BCUT2D eigenvalue weighted by Gasteiger charge is -2.41. The van der Waals surface area contributed by atoms with Crippen molar-refractivity contribution >= 4 is 35.1 Å². The lowest BCUT2D eigenvalue weighted by Crippen LogP contribution is -2.61. The number of ether oxygens (including phenoxy) is 4. The van der Waals surface area contributed by atoms with Gasteiger partial charge >= 0.3 is 11.9 Å². The van der Waals surface area contributed by atoms with Gasteiger partial charge in [0.1, 0.15) is 45.8 Å². The molecule has 0 aliphatic carbocycles. The Morgan fingerprint density at radius 2 is 1.21 bits per heavy atom. The predicted molar refractivity (Wildman–Crippen MR) is 188 cm³/mol. The fraction of sp³-hybridized carbons (Fsp3) is 0.154. The minimum absolute atomic E-state index is 0.00905. The molecule has 0 amide bonds. The SMILES string of the molecule is CC1O[C@H](Oc2c(-c3ccc(O)cc3)oc3cc(O)cc(O)c3c2=O)[C@@H](OC(=O)/C=C/c2ccc(O)cc2)[C@@H](O)[C@@H]1OC(=O)/C=C/c1ccc(O)cc1. The van der Waals surface area contributed by atoms with Crippen molar-refractivity contribution < 1.29 is 63.6 Å². The summed E-state index contributed by atoms with van der Waals surface area (Å²) in [4.78, 5) is 40.0. The van der Waals surface area contributed by atoms with E-state index in [1.807, 2.05) is 0 Å². The summed E-state index contributed by atoms with van der Waals surface area (Å²) in [6, 6.07) is 19.3. The van der Waals surface area contributed by atoms with Gasteiger partial charge in [-0.2, -0.15) is 0 Å². The molecular formula is C39H32O14. The van der Waals surface area contributed by atoms with Crippen LogP contribution in [0.5, 0.6) is 34.5 Å². The number of aromatic hydroxyl groups is 5. The van der Waals surface area contributed by atoms with Crippen LogP contribution in [-0.4, -0.2) is 73.3 Å². The van der Waals surface area contributed by atoms with Crippen LogP contribution in [0.1, 0.15) is 18.1 Å². The predicted octanol–water partition coefficient (Wildman–Crippen LogP) is 4.72. The Morgan fingerprint density at radius 1 is 0.698 bits per heavy atom. The Labute approximate surface area is 300 Å². The molecule has 5 atom stereocenters. The molecule has 0 bridgehead atoms. The van der Waals surface area contributed by atoms with Crippen LogP contribution in [0, 0.1) is 0 Å². The summed E-state index contributed by atoms with van der Waals surface area (Å²) in [6.07, 6.45) is -2.93. The summed E-state index contributed by atoms with van der Waals surface area (Å²) in [5.74, 6) is -3.77. The van der Waals surface area contributed by atoms with Crippen molar-refractivity contribution in [2.75, 3.05) is 0 Å². The van der Waals surface area contributed by atoms with Crippen molar-refractivity contribution in [3.8, 4) is 45.8 Å². The van der Waals surface area contributed by atoms with E-state index in [0.29, 0.717) is 11.1 Å². The highest BCUT2D eigenvalue weighted by molar-refractivity contribution is 5.89. The van der Waals surface area contributed by atoms with Crippen molar-refractivity contribution in [3.05, 3.63) is 118 Å². The normalized spacial score (nSPS) is 20.1. The molecule has 0 radical (unpaired) electrons. The quantitative estimate of drug-likeness (QED) is 0.0894. The average Bonchev–Trinajstić information content (AvgIpc) is 3.12. The third kappa shape index (κ3) is 8.25. The number of carbonyl (C=O) groups is 2. The first-order valence-corrected chi connectivity index (χ1v) is 16.0. The van der Waals surface area contributed by atoms with Crippen molar-refractivity contribution in [1.82, 2.24) is 0 Å².